The van der Waals surface area contributed by atoms with Crippen LogP contribution in [0.1, 0.15) is 22.8 Å². The number of hydrogen-bond acceptors (Lipinski definition) is 6. The molecule has 0 spiro atoms. The highest BCUT2D eigenvalue weighted by molar-refractivity contribution is 7.87. The second kappa shape index (κ2) is 9.13. The predicted octanol–water partition coefficient (Wildman–Crippen LogP) is 3.86. The van der Waals surface area contributed by atoms with Crippen LogP contribution in [0.15, 0.2) is 91.0 Å². The Kier molecular flexibility index (Phi) is 6.08. The van der Waals surface area contributed by atoms with Crippen molar-refractivity contribution in [3.8, 4) is 0 Å². The maximum Gasteiger partial charge on any atom is 0.274 e. The molecule has 32 heavy (non-hydrogen) atoms. The first kappa shape index (κ1) is 21.3. The first-order valence-electron chi connectivity index (χ1n) is 10.7. The van der Waals surface area contributed by atoms with Crippen LogP contribution in [-0.2, 0) is 37.0 Å². The van der Waals surface area contributed by atoms with E-state index in [1.165, 1.54) is 0 Å². The normalized spacial score (nSPS) is 25.4. The molecule has 0 aromatic heterocycles. The molecule has 0 N–H and O–H groups in total. The van der Waals surface area contributed by atoms with Crippen LogP contribution in [-0.4, -0.2) is 37.5 Å². The van der Waals surface area contributed by atoms with E-state index in [1.54, 1.807) is 5.06 Å². The van der Waals surface area contributed by atoms with Crippen LogP contribution in [0.4, 0.5) is 0 Å². The fourth-order valence-corrected chi connectivity index (χ4v) is 6.04. The largest absolute Gasteiger partial charge is 0.367 e. The highest BCUT2D eigenvalue weighted by atomic mass is 32.2. The fraction of sp³-hybridized carbons (Fsp3) is 0.280. The number of nitrogens with zero attached hydrogens (tertiary/aromatic N) is 1. The van der Waals surface area contributed by atoms with E-state index in [2.05, 4.69) is 0 Å². The Labute approximate surface area is 188 Å². The Morgan fingerprint density at radius 3 is 2.12 bits per heavy atom. The summed E-state index contributed by atoms with van der Waals surface area (Å²) in [5, 5.41) is 0.945. The van der Waals surface area contributed by atoms with Gasteiger partial charge in [-0.25, -0.2) is 0 Å². The van der Waals surface area contributed by atoms with Crippen molar-refractivity contribution in [1.82, 2.24) is 5.06 Å². The molecule has 0 bridgehead atoms. The molecule has 3 aromatic rings. The summed E-state index contributed by atoms with van der Waals surface area (Å²) in [5.74, 6) is 0. The Hall–Kier alpha value is -2.55. The van der Waals surface area contributed by atoms with Crippen molar-refractivity contribution in [3.63, 3.8) is 0 Å². The van der Waals surface area contributed by atoms with E-state index in [-0.39, 0.29) is 6.61 Å². The molecule has 5 rings (SSSR count). The maximum absolute atomic E-state index is 12.9. The zero-order valence-electron chi connectivity index (χ0n) is 17.5. The van der Waals surface area contributed by atoms with Crippen molar-refractivity contribution >= 4 is 10.1 Å². The molecular formula is C25H25NO5S. The number of benzene rings is 3. The Balaban J connectivity index is 1.51. The predicted molar refractivity (Wildman–Crippen MR) is 120 cm³/mol. The van der Waals surface area contributed by atoms with E-state index < -0.39 is 33.6 Å². The van der Waals surface area contributed by atoms with Gasteiger partial charge in [-0.2, -0.15) is 13.5 Å². The highest BCUT2D eigenvalue weighted by Crippen LogP contribution is 2.42. The molecule has 2 saturated heterocycles. The number of rotatable bonds is 7. The molecule has 3 aromatic carbocycles. The lowest BCUT2D eigenvalue weighted by Crippen LogP contribution is -2.43. The number of fused-ring (bicyclic) bond motifs is 1. The molecule has 2 fully saturated rings. The third-order valence-electron chi connectivity index (χ3n) is 5.93. The highest BCUT2D eigenvalue weighted by Gasteiger charge is 2.58. The van der Waals surface area contributed by atoms with Crippen molar-refractivity contribution in [2.75, 3.05) is 6.61 Å². The molecule has 0 aliphatic carbocycles. The molecule has 2 heterocycles. The number of ether oxygens (including phenoxy) is 1. The summed E-state index contributed by atoms with van der Waals surface area (Å²) in [4.78, 5) is 6.14. The Morgan fingerprint density at radius 1 is 0.875 bits per heavy atom. The molecular weight excluding hydrogens is 426 g/mol. The fourth-order valence-electron chi connectivity index (χ4n) is 4.43. The minimum absolute atomic E-state index is 0.0228. The van der Waals surface area contributed by atoms with Crippen LogP contribution < -0.4 is 0 Å². The summed E-state index contributed by atoms with van der Waals surface area (Å²) in [6.45, 7) is 0.829. The van der Waals surface area contributed by atoms with Crippen molar-refractivity contribution in [1.29, 1.82) is 0 Å². The van der Waals surface area contributed by atoms with E-state index >= 15 is 0 Å². The van der Waals surface area contributed by atoms with E-state index in [1.807, 2.05) is 91.0 Å². The zero-order valence-corrected chi connectivity index (χ0v) is 18.3. The summed E-state index contributed by atoms with van der Waals surface area (Å²) < 4.78 is 37.3. The molecule has 7 heteroatoms. The van der Waals surface area contributed by atoms with Crippen LogP contribution in [0.25, 0.3) is 0 Å². The summed E-state index contributed by atoms with van der Waals surface area (Å²) >= 11 is 0. The van der Waals surface area contributed by atoms with Gasteiger partial charge < -0.3 is 4.74 Å². The van der Waals surface area contributed by atoms with E-state index in [0.29, 0.717) is 13.2 Å². The summed E-state index contributed by atoms with van der Waals surface area (Å²) in [7, 11) is -3.78. The van der Waals surface area contributed by atoms with E-state index in [4.69, 9.17) is 13.8 Å². The second-order valence-electron chi connectivity index (χ2n) is 8.07. The van der Waals surface area contributed by atoms with Crippen LogP contribution >= 0.6 is 0 Å². The van der Waals surface area contributed by atoms with Crippen molar-refractivity contribution in [2.24, 2.45) is 0 Å². The minimum atomic E-state index is -3.78. The minimum Gasteiger partial charge on any atom is -0.367 e. The topological polar surface area (TPSA) is 65.1 Å². The van der Waals surface area contributed by atoms with Gasteiger partial charge in [-0.05, 0) is 16.7 Å². The van der Waals surface area contributed by atoms with Gasteiger partial charge in [0.2, 0.25) is 0 Å². The number of hydrogen-bond donors (Lipinski definition) is 0. The summed E-state index contributed by atoms with van der Waals surface area (Å²) in [6.07, 6.45) is -1.08. The van der Waals surface area contributed by atoms with Gasteiger partial charge in [0.25, 0.3) is 10.1 Å². The van der Waals surface area contributed by atoms with Crippen LogP contribution in [0.2, 0.25) is 0 Å². The van der Waals surface area contributed by atoms with Crippen molar-refractivity contribution in [2.45, 2.75) is 36.7 Å². The molecule has 6 nitrogen and oxygen atoms in total. The molecule has 4 atom stereocenters. The second-order valence-corrected chi connectivity index (χ2v) is 9.83. The monoisotopic (exact) mass is 451 g/mol. The molecule has 2 aliphatic heterocycles. The summed E-state index contributed by atoms with van der Waals surface area (Å²) in [6, 6.07) is 28.9. The maximum atomic E-state index is 12.9. The van der Waals surface area contributed by atoms with Gasteiger partial charge in [-0.3, -0.25) is 9.02 Å². The van der Waals surface area contributed by atoms with Crippen LogP contribution in [0.3, 0.4) is 0 Å². The lowest BCUT2D eigenvalue weighted by atomic mass is 9.97. The lowest BCUT2D eigenvalue weighted by molar-refractivity contribution is -0.193. The summed E-state index contributed by atoms with van der Waals surface area (Å²) in [5.41, 5.74) is 2.95. The van der Waals surface area contributed by atoms with Gasteiger partial charge in [0.15, 0.2) is 0 Å². The van der Waals surface area contributed by atoms with Gasteiger partial charge in [0.05, 0.1) is 19.3 Å². The Bertz CT molecular complexity index is 1120. The third kappa shape index (κ3) is 4.35. The average Bonchev–Trinajstić information content (AvgIpc) is 3.33. The quantitative estimate of drug-likeness (QED) is 0.509. The van der Waals surface area contributed by atoms with Gasteiger partial charge in [0.1, 0.15) is 17.5 Å². The van der Waals surface area contributed by atoms with Crippen molar-refractivity contribution < 1.29 is 22.2 Å². The molecule has 0 amide bonds. The van der Waals surface area contributed by atoms with Gasteiger partial charge >= 0.3 is 0 Å². The van der Waals surface area contributed by atoms with Gasteiger partial charge in [0, 0.05) is 6.54 Å². The average molecular weight is 452 g/mol. The zero-order chi connectivity index (χ0) is 22.0. The van der Waals surface area contributed by atoms with Crippen molar-refractivity contribution in [3.05, 3.63) is 108 Å². The van der Waals surface area contributed by atoms with Gasteiger partial charge in [-0.1, -0.05) is 91.0 Å². The smallest absolute Gasteiger partial charge is 0.274 e. The van der Waals surface area contributed by atoms with E-state index in [9.17, 15) is 8.42 Å². The SMILES string of the molecule is O=S1(=O)OC[C@H]2ON(Cc3ccccc3)[C@H]([C@@H](OCc3ccccc3)c3ccccc3)[C@H]21. The molecule has 166 valence electrons. The first-order valence-corrected chi connectivity index (χ1v) is 12.1. The molecule has 2 aliphatic rings. The van der Waals surface area contributed by atoms with Crippen LogP contribution in [0.5, 0.6) is 0 Å². The third-order valence-corrected chi connectivity index (χ3v) is 7.64. The molecule has 0 unspecified atom stereocenters. The number of hydroxylamine groups is 2. The molecule has 0 radical (unpaired) electrons. The Morgan fingerprint density at radius 2 is 1.47 bits per heavy atom. The molecule has 0 saturated carbocycles. The van der Waals surface area contributed by atoms with E-state index in [0.717, 1.165) is 16.7 Å². The van der Waals surface area contributed by atoms with Crippen LogP contribution in [0, 0.1) is 0 Å². The standard InChI is InChI=1S/C25H25NO5S/c27-32(28)25-22(18-30-32)31-26(16-19-10-4-1-5-11-19)23(25)24(21-14-8-3-9-15-21)29-17-20-12-6-2-7-13-20/h1-15,22-25H,16-18H2/t22-,23-,24+,25+/m1/s1. The first-order chi connectivity index (χ1) is 15.6. The lowest BCUT2D eigenvalue weighted by Gasteiger charge is -2.32. The van der Waals surface area contributed by atoms with Gasteiger partial charge in [-0.15, -0.1) is 0 Å².